The summed E-state index contributed by atoms with van der Waals surface area (Å²) < 4.78 is 45.5. The predicted molar refractivity (Wildman–Crippen MR) is 64.2 cm³/mol. The van der Waals surface area contributed by atoms with E-state index in [-0.39, 0.29) is 27.2 Å². The molecular formula is C8H13NO5S3. The Kier molecular flexibility index (Phi) is 4.31. The second-order valence-electron chi connectivity index (χ2n) is 3.30. The van der Waals surface area contributed by atoms with Crippen LogP contribution in [-0.4, -0.2) is 34.3 Å². The first-order valence-corrected chi connectivity index (χ1v) is 8.73. The second-order valence-corrected chi connectivity index (χ2v) is 8.61. The molecule has 1 rings (SSSR count). The minimum atomic E-state index is -3.92. The van der Waals surface area contributed by atoms with Gasteiger partial charge in [0, 0.05) is 6.61 Å². The molecule has 9 heteroatoms. The van der Waals surface area contributed by atoms with E-state index < -0.39 is 19.9 Å². The van der Waals surface area contributed by atoms with Crippen LogP contribution in [-0.2, 0) is 26.3 Å². The number of primary sulfonamides is 1. The van der Waals surface area contributed by atoms with E-state index in [2.05, 4.69) is 0 Å². The third kappa shape index (κ3) is 3.26. The smallest absolute Gasteiger partial charge is 0.247 e. The normalized spacial score (nSPS) is 12.9. The van der Waals surface area contributed by atoms with Gasteiger partial charge in [-0.1, -0.05) is 6.92 Å². The first-order valence-electron chi connectivity index (χ1n) is 4.71. The molecule has 0 aliphatic carbocycles. The maximum absolute atomic E-state index is 11.7. The van der Waals surface area contributed by atoms with Gasteiger partial charge < -0.3 is 5.11 Å². The van der Waals surface area contributed by atoms with E-state index in [1.807, 2.05) is 0 Å². The van der Waals surface area contributed by atoms with E-state index in [9.17, 15) is 16.8 Å². The number of sulfone groups is 1. The van der Waals surface area contributed by atoms with E-state index in [4.69, 9.17) is 10.2 Å². The lowest BCUT2D eigenvalue weighted by Crippen LogP contribution is -2.10. The average molecular weight is 299 g/mol. The molecule has 0 saturated carbocycles. The summed E-state index contributed by atoms with van der Waals surface area (Å²) in [6.07, 6.45) is 0.0839. The molecule has 0 aliphatic heterocycles. The number of rotatable bonds is 5. The van der Waals surface area contributed by atoms with Gasteiger partial charge in [-0.05, 0) is 18.1 Å². The number of aliphatic hydroxyl groups excluding tert-OH is 1. The van der Waals surface area contributed by atoms with Crippen LogP contribution in [0.4, 0.5) is 0 Å². The van der Waals surface area contributed by atoms with Crippen molar-refractivity contribution in [2.24, 2.45) is 5.14 Å². The van der Waals surface area contributed by atoms with Crippen molar-refractivity contribution in [3.8, 4) is 0 Å². The maximum Gasteiger partial charge on any atom is 0.247 e. The van der Waals surface area contributed by atoms with Gasteiger partial charge in [-0.3, -0.25) is 0 Å². The fraction of sp³-hybridized carbons (Fsp3) is 0.500. The Morgan fingerprint density at radius 3 is 2.35 bits per heavy atom. The molecule has 0 saturated heterocycles. The molecular weight excluding hydrogens is 286 g/mol. The predicted octanol–water partition coefficient (Wildman–Crippen LogP) is -0.276. The van der Waals surface area contributed by atoms with Crippen LogP contribution in [0, 0.1) is 0 Å². The van der Waals surface area contributed by atoms with Gasteiger partial charge in [-0.2, -0.15) is 0 Å². The number of aliphatic hydroxyl groups is 1. The van der Waals surface area contributed by atoms with Crippen molar-refractivity contribution in [1.82, 2.24) is 0 Å². The molecule has 98 valence electrons. The van der Waals surface area contributed by atoms with Crippen molar-refractivity contribution in [3.63, 3.8) is 0 Å². The van der Waals surface area contributed by atoms with E-state index >= 15 is 0 Å². The van der Waals surface area contributed by atoms with Crippen LogP contribution < -0.4 is 5.14 Å². The Morgan fingerprint density at radius 1 is 1.35 bits per heavy atom. The Morgan fingerprint density at radius 2 is 1.94 bits per heavy atom. The molecule has 1 aromatic rings. The second kappa shape index (κ2) is 5.02. The zero-order valence-electron chi connectivity index (χ0n) is 9.08. The van der Waals surface area contributed by atoms with Crippen LogP contribution in [0.1, 0.15) is 12.5 Å². The van der Waals surface area contributed by atoms with E-state index in [0.717, 1.165) is 0 Å². The number of hydrogen-bond donors (Lipinski definition) is 2. The highest BCUT2D eigenvalue weighted by Crippen LogP contribution is 2.30. The van der Waals surface area contributed by atoms with Gasteiger partial charge in [0.2, 0.25) is 10.0 Å². The minimum Gasteiger partial charge on any atom is -0.396 e. The third-order valence-electron chi connectivity index (χ3n) is 2.07. The summed E-state index contributed by atoms with van der Waals surface area (Å²) in [5.41, 5.74) is 0.295. The average Bonchev–Trinajstić information content (AvgIpc) is 2.62. The van der Waals surface area contributed by atoms with Crippen molar-refractivity contribution in [1.29, 1.82) is 0 Å². The lowest BCUT2D eigenvalue weighted by Gasteiger charge is -2.00. The Bertz CT molecular complexity index is 599. The largest absolute Gasteiger partial charge is 0.396 e. The molecule has 0 aliphatic rings. The van der Waals surface area contributed by atoms with Crippen molar-refractivity contribution in [2.75, 3.05) is 12.4 Å². The molecule has 1 aromatic heterocycles. The molecule has 0 fully saturated rings. The van der Waals surface area contributed by atoms with Crippen LogP contribution in [0.15, 0.2) is 14.5 Å². The summed E-state index contributed by atoms with van der Waals surface area (Å²) in [5, 5.41) is 13.8. The highest BCUT2D eigenvalue weighted by Gasteiger charge is 2.24. The highest BCUT2D eigenvalue weighted by molar-refractivity contribution is 7.95. The monoisotopic (exact) mass is 299 g/mol. The third-order valence-corrected chi connectivity index (χ3v) is 7.06. The minimum absolute atomic E-state index is 0.0296. The number of nitrogens with two attached hydrogens (primary N) is 1. The Labute approximate surface area is 104 Å². The summed E-state index contributed by atoms with van der Waals surface area (Å²) in [5.74, 6) is -0.129. The molecule has 0 bridgehead atoms. The molecule has 6 nitrogen and oxygen atoms in total. The number of thiophene rings is 1. The van der Waals surface area contributed by atoms with Crippen LogP contribution in [0.2, 0.25) is 0 Å². The lowest BCUT2D eigenvalue weighted by molar-refractivity contribution is 0.299. The zero-order chi connectivity index (χ0) is 13.3. The molecule has 0 unspecified atom stereocenters. The van der Waals surface area contributed by atoms with E-state index in [1.165, 1.54) is 13.0 Å². The molecule has 0 atom stereocenters. The van der Waals surface area contributed by atoms with Gasteiger partial charge in [-0.25, -0.2) is 22.0 Å². The SMILES string of the molecule is CCS(=O)(=O)c1sc(S(N)(=O)=O)cc1CCO. The van der Waals surface area contributed by atoms with Crippen molar-refractivity contribution >= 4 is 31.2 Å². The van der Waals surface area contributed by atoms with Crippen LogP contribution in [0.5, 0.6) is 0 Å². The van der Waals surface area contributed by atoms with E-state index in [0.29, 0.717) is 16.9 Å². The maximum atomic E-state index is 11.7. The summed E-state index contributed by atoms with van der Waals surface area (Å²) in [6, 6.07) is 1.21. The van der Waals surface area contributed by atoms with Crippen molar-refractivity contribution in [2.45, 2.75) is 21.8 Å². The van der Waals surface area contributed by atoms with Crippen molar-refractivity contribution in [3.05, 3.63) is 11.6 Å². The molecule has 3 N–H and O–H groups in total. The first-order chi connectivity index (χ1) is 7.72. The quantitative estimate of drug-likeness (QED) is 0.776. The van der Waals surface area contributed by atoms with Crippen molar-refractivity contribution < 1.29 is 21.9 Å². The van der Waals surface area contributed by atoms with Gasteiger partial charge in [0.15, 0.2) is 9.84 Å². The summed E-state index contributed by atoms with van der Waals surface area (Å²) in [4.78, 5) is 0. The number of hydrogen-bond acceptors (Lipinski definition) is 6. The van der Waals surface area contributed by atoms with Gasteiger partial charge in [0.05, 0.1) is 5.75 Å². The highest BCUT2D eigenvalue weighted by atomic mass is 32.3. The zero-order valence-corrected chi connectivity index (χ0v) is 11.5. The van der Waals surface area contributed by atoms with Crippen LogP contribution in [0.3, 0.4) is 0 Å². The summed E-state index contributed by atoms with van der Waals surface area (Å²) in [6.45, 7) is 1.21. The molecule has 1 heterocycles. The molecule has 17 heavy (non-hydrogen) atoms. The Hall–Kier alpha value is -0.480. The van der Waals surface area contributed by atoms with Gasteiger partial charge >= 0.3 is 0 Å². The number of sulfonamides is 1. The Balaban J connectivity index is 3.44. The van der Waals surface area contributed by atoms with Gasteiger partial charge in [-0.15, -0.1) is 11.3 Å². The van der Waals surface area contributed by atoms with Gasteiger partial charge in [0.1, 0.15) is 8.42 Å². The van der Waals surface area contributed by atoms with E-state index in [1.54, 1.807) is 0 Å². The summed E-state index contributed by atoms with van der Waals surface area (Å²) >= 11 is 0.626. The fourth-order valence-electron chi connectivity index (χ4n) is 1.22. The first kappa shape index (κ1) is 14.6. The standard InChI is InChI=1S/C8H13NO5S3/c1-2-16(11,12)8-6(3-4-10)5-7(15-8)17(9,13)14/h5,10H,2-4H2,1H3,(H2,9,13,14). The van der Waals surface area contributed by atoms with Crippen LogP contribution in [0.25, 0.3) is 0 Å². The van der Waals surface area contributed by atoms with Crippen LogP contribution >= 0.6 is 11.3 Å². The fourth-order valence-corrected chi connectivity index (χ4v) is 5.03. The lowest BCUT2D eigenvalue weighted by atomic mass is 10.3. The molecule has 0 radical (unpaired) electrons. The molecule has 0 spiro atoms. The topological polar surface area (TPSA) is 115 Å². The molecule has 0 amide bonds. The van der Waals surface area contributed by atoms with Gasteiger partial charge in [0.25, 0.3) is 0 Å². The molecule has 0 aromatic carbocycles. The summed E-state index contributed by atoms with van der Waals surface area (Å²) in [7, 11) is -7.42.